The number of rotatable bonds is 4. The lowest BCUT2D eigenvalue weighted by molar-refractivity contribution is -0.137. The lowest BCUT2D eigenvalue weighted by atomic mass is 10.00. The third kappa shape index (κ3) is 4.97. The SMILES string of the molecule is CN1c2nc(OC[C@@H]3CC[C@H]4COCCN43)nc3c(F)c(-c4cc(N)cc(Cl)c4C(F)(F)F)nc(c23)OC[C@@H]2COC[C@H]21. The van der Waals surface area contributed by atoms with Crippen LogP contribution in [0.1, 0.15) is 18.4 Å². The molecule has 10 nitrogen and oxygen atoms in total. The molecular weight excluding hydrogens is 596 g/mol. The van der Waals surface area contributed by atoms with E-state index < -0.39 is 33.8 Å². The number of hydrogen-bond acceptors (Lipinski definition) is 10. The lowest BCUT2D eigenvalue weighted by Crippen LogP contribution is -2.46. The van der Waals surface area contributed by atoms with Crippen molar-refractivity contribution in [3.63, 3.8) is 0 Å². The highest BCUT2D eigenvalue weighted by atomic mass is 35.5. The minimum atomic E-state index is -4.92. The number of aromatic nitrogens is 3. The molecule has 7 rings (SSSR count). The van der Waals surface area contributed by atoms with Crippen LogP contribution in [0, 0.1) is 11.7 Å². The van der Waals surface area contributed by atoms with Gasteiger partial charge in [-0.3, -0.25) is 4.90 Å². The van der Waals surface area contributed by atoms with E-state index >= 15 is 4.39 Å². The van der Waals surface area contributed by atoms with Crippen LogP contribution in [-0.4, -0.2) is 91.2 Å². The number of hydrogen-bond donors (Lipinski definition) is 1. The molecule has 2 aromatic heterocycles. The molecular formula is C28H29ClF4N6O4. The number of nitrogens with zero attached hydrogens (tertiary/aromatic N) is 5. The van der Waals surface area contributed by atoms with E-state index in [-0.39, 0.29) is 65.5 Å². The zero-order valence-electron chi connectivity index (χ0n) is 23.2. The van der Waals surface area contributed by atoms with Gasteiger partial charge in [-0.15, -0.1) is 0 Å². The summed E-state index contributed by atoms with van der Waals surface area (Å²) in [5.41, 5.74) is 2.95. The van der Waals surface area contributed by atoms with E-state index in [0.29, 0.717) is 32.5 Å². The smallest absolute Gasteiger partial charge is 0.418 e. The molecule has 2 N–H and O–H groups in total. The van der Waals surface area contributed by atoms with Crippen LogP contribution >= 0.6 is 11.6 Å². The molecule has 0 aliphatic carbocycles. The molecule has 0 bridgehead atoms. The van der Waals surface area contributed by atoms with Crippen LogP contribution in [0.3, 0.4) is 0 Å². The zero-order chi connectivity index (χ0) is 30.0. The molecule has 0 unspecified atom stereocenters. The maximum atomic E-state index is 16.5. The van der Waals surface area contributed by atoms with Gasteiger partial charge in [-0.25, -0.2) is 9.37 Å². The van der Waals surface area contributed by atoms with Gasteiger partial charge in [-0.2, -0.15) is 23.1 Å². The van der Waals surface area contributed by atoms with Crippen molar-refractivity contribution in [2.24, 2.45) is 5.92 Å². The van der Waals surface area contributed by atoms with Gasteiger partial charge in [0.05, 0.1) is 49.7 Å². The monoisotopic (exact) mass is 624 g/mol. The van der Waals surface area contributed by atoms with Crippen LogP contribution in [0.5, 0.6) is 11.9 Å². The van der Waals surface area contributed by atoms with E-state index in [4.69, 9.17) is 36.3 Å². The maximum absolute atomic E-state index is 16.5. The molecule has 3 aromatic rings. The van der Waals surface area contributed by atoms with Gasteiger partial charge < -0.3 is 29.6 Å². The Bertz CT molecular complexity index is 1580. The maximum Gasteiger partial charge on any atom is 0.418 e. The van der Waals surface area contributed by atoms with Crippen molar-refractivity contribution in [2.45, 2.75) is 37.1 Å². The third-order valence-corrected chi connectivity index (χ3v) is 9.07. The van der Waals surface area contributed by atoms with Crippen LogP contribution in [0.25, 0.3) is 22.2 Å². The van der Waals surface area contributed by atoms with Gasteiger partial charge in [-0.05, 0) is 25.0 Å². The summed E-state index contributed by atoms with van der Waals surface area (Å²) in [6, 6.07) is 2.12. The summed E-state index contributed by atoms with van der Waals surface area (Å²) >= 11 is 6.00. The first-order valence-electron chi connectivity index (χ1n) is 14.1. The van der Waals surface area contributed by atoms with Gasteiger partial charge in [0.15, 0.2) is 5.82 Å². The molecule has 3 saturated heterocycles. The molecule has 6 heterocycles. The lowest BCUT2D eigenvalue weighted by Gasteiger charge is -2.34. The van der Waals surface area contributed by atoms with Crippen LogP contribution in [-0.2, 0) is 15.7 Å². The highest BCUT2D eigenvalue weighted by molar-refractivity contribution is 6.32. The Morgan fingerprint density at radius 1 is 1.09 bits per heavy atom. The normalized spacial score (nSPS) is 25.7. The molecule has 0 spiro atoms. The third-order valence-electron chi connectivity index (χ3n) is 8.77. The molecule has 43 heavy (non-hydrogen) atoms. The molecule has 4 aliphatic heterocycles. The van der Waals surface area contributed by atoms with E-state index in [1.807, 2.05) is 4.90 Å². The number of fused-ring (bicyclic) bond motifs is 2. The standard InChI is InChI=1S/C28H29ClF4N6O4/c1-38-19-12-41-8-13(19)9-42-26-20-24(22(30)23(35-26)17-6-14(34)7-18(29)21(17)28(31,32)33)36-27(37-25(20)38)43-11-16-3-2-15-10-40-5-4-39(15)16/h6-7,13,15-16,19H,2-5,8-12,34H2,1H3/t13-,15-,16-,19+/m0/s1. The summed E-state index contributed by atoms with van der Waals surface area (Å²) in [5, 5.41) is -0.553. The van der Waals surface area contributed by atoms with E-state index in [2.05, 4.69) is 19.9 Å². The minimum absolute atomic E-state index is 0.0889. The van der Waals surface area contributed by atoms with Crippen molar-refractivity contribution in [3.05, 3.63) is 28.5 Å². The van der Waals surface area contributed by atoms with Crippen LogP contribution in [0.15, 0.2) is 12.1 Å². The van der Waals surface area contributed by atoms with Gasteiger partial charge >= 0.3 is 12.2 Å². The summed E-state index contributed by atoms with van der Waals surface area (Å²) in [6.45, 7) is 3.28. The predicted octanol–water partition coefficient (Wildman–Crippen LogP) is 4.17. The van der Waals surface area contributed by atoms with Crippen molar-refractivity contribution >= 4 is 34.0 Å². The van der Waals surface area contributed by atoms with Gasteiger partial charge in [-0.1, -0.05) is 11.6 Å². The Morgan fingerprint density at radius 2 is 1.93 bits per heavy atom. The largest absolute Gasteiger partial charge is 0.477 e. The van der Waals surface area contributed by atoms with Gasteiger partial charge in [0.2, 0.25) is 5.88 Å². The number of nitrogen functional groups attached to an aromatic ring is 1. The van der Waals surface area contributed by atoms with E-state index in [0.717, 1.165) is 31.5 Å². The number of alkyl halides is 3. The van der Waals surface area contributed by atoms with Crippen LogP contribution in [0.4, 0.5) is 29.1 Å². The van der Waals surface area contributed by atoms with E-state index in [1.54, 1.807) is 7.05 Å². The Labute approximate surface area is 249 Å². The van der Waals surface area contributed by atoms with Crippen molar-refractivity contribution in [1.29, 1.82) is 0 Å². The molecule has 0 saturated carbocycles. The van der Waals surface area contributed by atoms with Gasteiger partial charge in [0.25, 0.3) is 0 Å². The highest BCUT2D eigenvalue weighted by Gasteiger charge is 2.41. The second-order valence-corrected chi connectivity index (χ2v) is 11.8. The van der Waals surface area contributed by atoms with Crippen LogP contribution < -0.4 is 20.1 Å². The van der Waals surface area contributed by atoms with Gasteiger partial charge in [0.1, 0.15) is 29.0 Å². The first-order valence-corrected chi connectivity index (χ1v) is 14.5. The Kier molecular flexibility index (Phi) is 7.14. The summed E-state index contributed by atoms with van der Waals surface area (Å²) in [6.07, 6.45) is -3.06. The summed E-state index contributed by atoms with van der Waals surface area (Å²) in [4.78, 5) is 17.5. The molecule has 3 fully saturated rings. The number of nitrogens with two attached hydrogens (primary N) is 1. The quantitative estimate of drug-likeness (QED) is 0.336. The molecule has 4 atom stereocenters. The average molecular weight is 625 g/mol. The topological polar surface area (TPSA) is 108 Å². The van der Waals surface area contributed by atoms with Crippen molar-refractivity contribution in [2.75, 3.05) is 63.9 Å². The fraction of sp³-hybridized carbons (Fsp3) is 0.536. The first-order chi connectivity index (χ1) is 20.6. The molecule has 230 valence electrons. The summed E-state index contributed by atoms with van der Waals surface area (Å²) in [7, 11) is 1.80. The number of pyridine rings is 1. The summed E-state index contributed by atoms with van der Waals surface area (Å²) < 4.78 is 82.5. The van der Waals surface area contributed by atoms with Crippen molar-refractivity contribution in [3.8, 4) is 23.1 Å². The fourth-order valence-corrected chi connectivity index (χ4v) is 6.96. The number of likely N-dealkylation sites (N-methyl/N-ethyl adjacent to an activating group) is 1. The molecule has 0 radical (unpaired) electrons. The predicted molar refractivity (Wildman–Crippen MR) is 149 cm³/mol. The zero-order valence-corrected chi connectivity index (χ0v) is 23.9. The number of benzene rings is 1. The van der Waals surface area contributed by atoms with Crippen molar-refractivity contribution in [1.82, 2.24) is 19.9 Å². The molecule has 15 heteroatoms. The van der Waals surface area contributed by atoms with Gasteiger partial charge in [0, 0.05) is 42.8 Å². The second kappa shape index (κ2) is 10.8. The summed E-state index contributed by atoms with van der Waals surface area (Å²) in [5.74, 6) is -1.02. The van der Waals surface area contributed by atoms with Crippen molar-refractivity contribution < 1.29 is 36.5 Å². The number of ether oxygens (including phenoxy) is 4. The minimum Gasteiger partial charge on any atom is -0.477 e. The molecule has 4 aliphatic rings. The first kappa shape index (κ1) is 28.6. The Morgan fingerprint density at radius 3 is 2.74 bits per heavy atom. The number of morpholine rings is 1. The van der Waals surface area contributed by atoms with E-state index in [9.17, 15) is 13.2 Å². The van der Waals surface area contributed by atoms with Crippen LogP contribution in [0.2, 0.25) is 5.02 Å². The average Bonchev–Trinajstić information content (AvgIpc) is 3.60. The Balaban J connectivity index is 1.38. The molecule has 0 amide bonds. The highest BCUT2D eigenvalue weighted by Crippen LogP contribution is 2.46. The fourth-order valence-electron chi connectivity index (χ4n) is 6.62. The Hall–Kier alpha value is -3.20. The molecule has 1 aromatic carbocycles. The number of anilines is 2. The second-order valence-electron chi connectivity index (χ2n) is 11.4. The van der Waals surface area contributed by atoms with E-state index in [1.165, 1.54) is 0 Å². The number of halogens is 5.